The fourth-order valence-electron chi connectivity index (χ4n) is 1.96. The number of nitrogens with zero attached hydrogens (tertiary/aromatic N) is 2. The number of benzene rings is 1. The van der Waals surface area contributed by atoms with Gasteiger partial charge in [-0.1, -0.05) is 12.1 Å². The van der Waals surface area contributed by atoms with E-state index in [2.05, 4.69) is 39.4 Å². The molecule has 0 unspecified atom stereocenters. The highest BCUT2D eigenvalue weighted by molar-refractivity contribution is 5.67. The summed E-state index contributed by atoms with van der Waals surface area (Å²) in [5.74, 6) is 0. The van der Waals surface area contributed by atoms with Gasteiger partial charge in [0.1, 0.15) is 0 Å². The zero-order valence-electron chi connectivity index (χ0n) is 13.0. The van der Waals surface area contributed by atoms with Crippen LogP contribution in [0.4, 0.5) is 10.5 Å². The number of nitrogens with one attached hydrogen (secondary N) is 1. The van der Waals surface area contributed by atoms with Crippen molar-refractivity contribution in [1.82, 2.24) is 10.2 Å². The van der Waals surface area contributed by atoms with Gasteiger partial charge in [0.25, 0.3) is 0 Å². The van der Waals surface area contributed by atoms with Gasteiger partial charge in [-0.25, -0.2) is 4.79 Å². The van der Waals surface area contributed by atoms with Crippen molar-refractivity contribution in [3.8, 4) is 0 Å². The van der Waals surface area contributed by atoms with E-state index >= 15 is 0 Å². The van der Waals surface area contributed by atoms with E-state index < -0.39 is 0 Å². The van der Waals surface area contributed by atoms with Crippen LogP contribution in [0.2, 0.25) is 0 Å². The molecule has 20 heavy (non-hydrogen) atoms. The average molecular weight is 279 g/mol. The Morgan fingerprint density at radius 3 is 2.25 bits per heavy atom. The molecule has 0 saturated heterocycles. The second-order valence-electron chi connectivity index (χ2n) is 5.07. The minimum Gasteiger partial charge on any atom is -0.450 e. The highest BCUT2D eigenvalue weighted by Crippen LogP contribution is 2.20. The lowest BCUT2D eigenvalue weighted by Crippen LogP contribution is -2.34. The van der Waals surface area contributed by atoms with E-state index in [0.29, 0.717) is 13.2 Å². The Hall–Kier alpha value is -1.75. The molecule has 0 aliphatic rings. The van der Waals surface area contributed by atoms with Crippen molar-refractivity contribution in [2.24, 2.45) is 0 Å². The molecule has 112 valence electrons. The molecule has 5 heteroatoms. The van der Waals surface area contributed by atoms with Gasteiger partial charge in [-0.05, 0) is 38.7 Å². The molecule has 1 aromatic rings. The number of amides is 1. The van der Waals surface area contributed by atoms with E-state index in [-0.39, 0.29) is 12.1 Å². The number of carbonyl (C=O) groups is 1. The third-order valence-corrected chi connectivity index (χ3v) is 3.13. The van der Waals surface area contributed by atoms with Crippen LogP contribution >= 0.6 is 0 Å². The van der Waals surface area contributed by atoms with Gasteiger partial charge in [-0.2, -0.15) is 0 Å². The lowest BCUT2D eigenvalue weighted by Gasteiger charge is -2.25. The van der Waals surface area contributed by atoms with E-state index in [1.165, 1.54) is 0 Å². The highest BCUT2D eigenvalue weighted by atomic mass is 16.5. The molecule has 0 bridgehead atoms. The summed E-state index contributed by atoms with van der Waals surface area (Å²) in [7, 11) is 8.02. The first-order chi connectivity index (χ1) is 9.45. The first kappa shape index (κ1) is 16.3. The van der Waals surface area contributed by atoms with Crippen LogP contribution in [-0.2, 0) is 4.74 Å². The molecule has 1 amide bonds. The van der Waals surface area contributed by atoms with Gasteiger partial charge in [-0.15, -0.1) is 0 Å². The summed E-state index contributed by atoms with van der Waals surface area (Å²) in [5, 5.41) is 2.79. The Morgan fingerprint density at radius 2 is 1.80 bits per heavy atom. The SMILES string of the molecule is CCOC(=O)NC[C@@H](c1ccc(N(C)C)cc1)N(C)C. The van der Waals surface area contributed by atoms with Gasteiger partial charge >= 0.3 is 6.09 Å². The molecule has 0 fully saturated rings. The third-order valence-electron chi connectivity index (χ3n) is 3.13. The Morgan fingerprint density at radius 1 is 1.20 bits per heavy atom. The molecule has 1 N–H and O–H groups in total. The molecule has 0 saturated carbocycles. The maximum absolute atomic E-state index is 11.4. The summed E-state index contributed by atoms with van der Waals surface area (Å²) >= 11 is 0. The molecule has 0 aliphatic heterocycles. The second-order valence-corrected chi connectivity index (χ2v) is 5.07. The molecular weight excluding hydrogens is 254 g/mol. The van der Waals surface area contributed by atoms with Gasteiger partial charge in [0.15, 0.2) is 0 Å². The molecule has 1 rings (SSSR count). The van der Waals surface area contributed by atoms with Gasteiger partial charge < -0.3 is 19.9 Å². The van der Waals surface area contributed by atoms with Gasteiger partial charge in [0.2, 0.25) is 0 Å². The fraction of sp³-hybridized carbons (Fsp3) is 0.533. The van der Waals surface area contributed by atoms with Crippen molar-refractivity contribution in [3.05, 3.63) is 29.8 Å². The van der Waals surface area contributed by atoms with Crippen molar-refractivity contribution in [3.63, 3.8) is 0 Å². The minimum atomic E-state index is -0.371. The number of carbonyl (C=O) groups excluding carboxylic acids is 1. The predicted molar refractivity (Wildman–Crippen MR) is 82.2 cm³/mol. The summed E-state index contributed by atoms with van der Waals surface area (Å²) < 4.78 is 4.88. The van der Waals surface area contributed by atoms with Crippen LogP contribution in [0.1, 0.15) is 18.5 Å². The maximum Gasteiger partial charge on any atom is 0.407 e. The Kier molecular flexibility index (Phi) is 6.31. The summed E-state index contributed by atoms with van der Waals surface area (Å²) in [6.07, 6.45) is -0.371. The smallest absolute Gasteiger partial charge is 0.407 e. The number of ether oxygens (including phenoxy) is 1. The van der Waals surface area contributed by atoms with Gasteiger partial charge in [0.05, 0.1) is 12.6 Å². The number of rotatable bonds is 6. The fourth-order valence-corrected chi connectivity index (χ4v) is 1.96. The van der Waals surface area contributed by atoms with Crippen LogP contribution in [-0.4, -0.2) is 52.3 Å². The third kappa shape index (κ3) is 4.74. The normalized spacial score (nSPS) is 12.1. The number of hydrogen-bond acceptors (Lipinski definition) is 4. The molecule has 5 nitrogen and oxygen atoms in total. The van der Waals surface area contributed by atoms with E-state index in [1.54, 1.807) is 6.92 Å². The zero-order valence-corrected chi connectivity index (χ0v) is 13.0. The average Bonchev–Trinajstić information content (AvgIpc) is 2.39. The van der Waals surface area contributed by atoms with Crippen LogP contribution in [0.15, 0.2) is 24.3 Å². The summed E-state index contributed by atoms with van der Waals surface area (Å²) in [5.41, 5.74) is 2.32. The monoisotopic (exact) mass is 279 g/mol. The van der Waals surface area contributed by atoms with Crippen LogP contribution in [0.25, 0.3) is 0 Å². The minimum absolute atomic E-state index is 0.121. The van der Waals surface area contributed by atoms with Gasteiger partial charge in [0, 0.05) is 26.3 Å². The Bertz CT molecular complexity index is 416. The topological polar surface area (TPSA) is 44.8 Å². The van der Waals surface area contributed by atoms with Crippen molar-refractivity contribution >= 4 is 11.8 Å². The van der Waals surface area contributed by atoms with E-state index in [9.17, 15) is 4.79 Å². The summed E-state index contributed by atoms with van der Waals surface area (Å²) in [6, 6.07) is 8.46. The first-order valence-corrected chi connectivity index (χ1v) is 6.80. The van der Waals surface area contributed by atoms with Crippen LogP contribution in [0, 0.1) is 0 Å². The highest BCUT2D eigenvalue weighted by Gasteiger charge is 2.15. The predicted octanol–water partition coefficient (Wildman–Crippen LogP) is 2.10. The van der Waals surface area contributed by atoms with E-state index in [1.807, 2.05) is 28.2 Å². The number of anilines is 1. The summed E-state index contributed by atoms with van der Waals surface area (Å²) in [6.45, 7) is 2.70. The first-order valence-electron chi connectivity index (χ1n) is 6.80. The van der Waals surface area contributed by atoms with Crippen molar-refractivity contribution in [2.45, 2.75) is 13.0 Å². The van der Waals surface area contributed by atoms with Crippen molar-refractivity contribution < 1.29 is 9.53 Å². The quantitative estimate of drug-likeness (QED) is 0.866. The number of likely N-dealkylation sites (N-methyl/N-ethyl adjacent to an activating group) is 1. The van der Waals surface area contributed by atoms with Crippen LogP contribution < -0.4 is 10.2 Å². The summed E-state index contributed by atoms with van der Waals surface area (Å²) in [4.78, 5) is 15.5. The molecule has 0 aromatic heterocycles. The Balaban J connectivity index is 2.73. The lowest BCUT2D eigenvalue weighted by atomic mass is 10.1. The number of alkyl carbamates (subject to hydrolysis) is 1. The zero-order chi connectivity index (χ0) is 15.1. The Labute approximate surface area is 121 Å². The van der Waals surface area contributed by atoms with Gasteiger partial charge in [-0.3, -0.25) is 0 Å². The molecule has 1 atom stereocenters. The van der Waals surface area contributed by atoms with E-state index in [4.69, 9.17) is 4.74 Å². The van der Waals surface area contributed by atoms with E-state index in [0.717, 1.165) is 11.3 Å². The molecule has 0 aliphatic carbocycles. The molecular formula is C15H25N3O2. The number of hydrogen-bond donors (Lipinski definition) is 1. The van der Waals surface area contributed by atoms with Crippen LogP contribution in [0.3, 0.4) is 0 Å². The standard InChI is InChI=1S/C15H25N3O2/c1-6-20-15(19)16-11-14(18(4)5)12-7-9-13(10-8-12)17(2)3/h7-10,14H,6,11H2,1-5H3,(H,16,19)/t14-/m0/s1. The molecule has 0 heterocycles. The van der Waals surface area contributed by atoms with Crippen molar-refractivity contribution in [1.29, 1.82) is 0 Å². The van der Waals surface area contributed by atoms with Crippen LogP contribution in [0.5, 0.6) is 0 Å². The maximum atomic E-state index is 11.4. The lowest BCUT2D eigenvalue weighted by molar-refractivity contribution is 0.148. The molecule has 0 spiro atoms. The van der Waals surface area contributed by atoms with Crippen molar-refractivity contribution in [2.75, 3.05) is 46.2 Å². The largest absolute Gasteiger partial charge is 0.450 e. The molecule has 0 radical (unpaired) electrons. The second kappa shape index (κ2) is 7.75. The molecule has 1 aromatic carbocycles.